The summed E-state index contributed by atoms with van der Waals surface area (Å²) < 4.78 is 44.1. The van der Waals surface area contributed by atoms with Gasteiger partial charge in [0.1, 0.15) is 6.73 Å². The fourth-order valence-electron chi connectivity index (χ4n) is 2.75. The summed E-state index contributed by atoms with van der Waals surface area (Å²) in [6.45, 7) is -3.67. The van der Waals surface area contributed by atoms with Gasteiger partial charge in [0, 0.05) is 27.6 Å². The number of aromatic nitrogens is 2. The zero-order valence-electron chi connectivity index (χ0n) is 16.4. The highest BCUT2D eigenvalue weighted by atomic mass is 16.5. The van der Waals surface area contributed by atoms with Crippen molar-refractivity contribution in [1.82, 2.24) is 9.55 Å². The third-order valence-electron chi connectivity index (χ3n) is 3.54. The van der Waals surface area contributed by atoms with Crippen LogP contribution in [-0.2, 0) is 17.9 Å². The number of ether oxygens (including phenoxy) is 1. The van der Waals surface area contributed by atoms with Crippen LogP contribution in [0.2, 0.25) is 0 Å². The van der Waals surface area contributed by atoms with Crippen molar-refractivity contribution < 1.29 is 11.6 Å². The normalized spacial score (nSPS) is 16.6. The van der Waals surface area contributed by atoms with Crippen LogP contribution >= 0.6 is 0 Å². The van der Waals surface area contributed by atoms with Crippen molar-refractivity contribution in [3.05, 3.63) is 42.2 Å². The van der Waals surface area contributed by atoms with E-state index in [1.807, 2.05) is 30.5 Å². The predicted molar refractivity (Wildman–Crippen MR) is 82.9 cm³/mol. The average molecular weight is 273 g/mol. The summed E-state index contributed by atoms with van der Waals surface area (Å²) in [5, 5.41) is 2.09. The number of aryl methyl sites for hydroxylation is 1. The number of rotatable bonds is 5. The fourth-order valence-corrected chi connectivity index (χ4v) is 2.75. The van der Waals surface area contributed by atoms with Crippen molar-refractivity contribution in [2.24, 2.45) is 0 Å². The molecule has 0 N–H and O–H groups in total. The zero-order valence-corrected chi connectivity index (χ0v) is 11.4. The van der Waals surface area contributed by atoms with E-state index in [0.29, 0.717) is 0 Å². The quantitative estimate of drug-likeness (QED) is 0.698. The second kappa shape index (κ2) is 5.63. The van der Waals surface area contributed by atoms with E-state index in [9.17, 15) is 0 Å². The molecule has 0 aliphatic carbocycles. The van der Waals surface area contributed by atoms with Crippen molar-refractivity contribution in [1.29, 1.82) is 0 Å². The highest BCUT2D eigenvalue weighted by Crippen LogP contribution is 2.31. The van der Waals surface area contributed by atoms with Crippen LogP contribution in [0.3, 0.4) is 0 Å². The lowest BCUT2D eigenvalue weighted by Crippen LogP contribution is -2.02. The monoisotopic (exact) mass is 273 g/mol. The summed E-state index contributed by atoms with van der Waals surface area (Å²) in [5.41, 5.74) is 2.80. The summed E-state index contributed by atoms with van der Waals surface area (Å²) in [5.74, 6) is 0. The molecular weight excluding hydrogens is 248 g/mol. The maximum Gasteiger partial charge on any atom is 0.123 e. The van der Waals surface area contributed by atoms with Gasteiger partial charge in [0.2, 0.25) is 0 Å². The molecule has 0 saturated heterocycles. The van der Waals surface area contributed by atoms with Gasteiger partial charge in [-0.25, -0.2) is 0 Å². The Morgan fingerprint density at radius 3 is 3.05 bits per heavy atom. The molecule has 104 valence electrons. The van der Waals surface area contributed by atoms with Crippen molar-refractivity contribution in [3.63, 3.8) is 0 Å². The largest absolute Gasteiger partial charge is 0.361 e. The van der Waals surface area contributed by atoms with Crippen LogP contribution in [-0.4, -0.2) is 16.1 Å². The third-order valence-corrected chi connectivity index (χ3v) is 3.54. The SMILES string of the molecule is [2H]C([2H])([2H])C([2H])([2H])OCn1c2ccccc2c2c(CCC)cncc21. The third kappa shape index (κ3) is 2.08. The van der Waals surface area contributed by atoms with Gasteiger partial charge < -0.3 is 9.30 Å². The van der Waals surface area contributed by atoms with Gasteiger partial charge in [-0.15, -0.1) is 0 Å². The number of hydrogen-bond donors (Lipinski definition) is 0. The van der Waals surface area contributed by atoms with Crippen LogP contribution < -0.4 is 0 Å². The van der Waals surface area contributed by atoms with E-state index in [-0.39, 0.29) is 6.73 Å². The van der Waals surface area contributed by atoms with Gasteiger partial charge in [-0.2, -0.15) is 0 Å². The van der Waals surface area contributed by atoms with Gasteiger partial charge in [0.05, 0.1) is 20.0 Å². The Balaban J connectivity index is 2.13. The zero-order chi connectivity index (χ0) is 18.2. The Kier molecular flexibility index (Phi) is 2.37. The number of pyridine rings is 1. The minimum atomic E-state index is -2.85. The van der Waals surface area contributed by atoms with Crippen LogP contribution in [0.25, 0.3) is 21.8 Å². The first-order valence-corrected chi connectivity index (χ1v) is 6.74. The Bertz CT molecular complexity index is 901. The van der Waals surface area contributed by atoms with Gasteiger partial charge in [0.25, 0.3) is 0 Å². The van der Waals surface area contributed by atoms with Gasteiger partial charge in [-0.05, 0) is 24.9 Å². The molecule has 0 bridgehead atoms. The van der Waals surface area contributed by atoms with Gasteiger partial charge in [0.15, 0.2) is 0 Å². The van der Waals surface area contributed by atoms with Crippen LogP contribution in [0.15, 0.2) is 36.7 Å². The van der Waals surface area contributed by atoms with E-state index in [1.54, 1.807) is 10.8 Å². The van der Waals surface area contributed by atoms with Crippen LogP contribution in [0.4, 0.5) is 0 Å². The molecule has 0 atom stereocenters. The maximum absolute atomic E-state index is 7.66. The Hall–Kier alpha value is -1.87. The minimum absolute atomic E-state index is 0.202. The molecule has 1 aromatic carbocycles. The molecule has 0 radical (unpaired) electrons. The summed E-state index contributed by atoms with van der Waals surface area (Å²) in [6.07, 6.45) is 5.43. The van der Waals surface area contributed by atoms with Gasteiger partial charge in [-0.3, -0.25) is 4.98 Å². The van der Waals surface area contributed by atoms with Crippen LogP contribution in [0, 0.1) is 0 Å². The van der Waals surface area contributed by atoms with Crippen LogP contribution in [0.5, 0.6) is 0 Å². The smallest absolute Gasteiger partial charge is 0.123 e. The second-order valence-corrected chi connectivity index (χ2v) is 4.76. The number of nitrogens with zero attached hydrogens (tertiary/aromatic N) is 2. The molecule has 0 aliphatic heterocycles. The molecular formula is C17H20N2O. The first-order chi connectivity index (χ1) is 11.8. The molecule has 3 heteroatoms. The van der Waals surface area contributed by atoms with E-state index >= 15 is 0 Å². The van der Waals surface area contributed by atoms with E-state index in [4.69, 9.17) is 11.6 Å². The molecule has 0 saturated carbocycles. The number of benzene rings is 1. The van der Waals surface area contributed by atoms with Gasteiger partial charge >= 0.3 is 0 Å². The maximum atomic E-state index is 7.66. The molecule has 2 aromatic heterocycles. The molecule has 0 fully saturated rings. The Morgan fingerprint density at radius 1 is 1.30 bits per heavy atom. The molecule has 2 heterocycles. The van der Waals surface area contributed by atoms with Crippen LogP contribution in [0.1, 0.15) is 32.6 Å². The molecule has 0 aliphatic rings. The summed E-state index contributed by atoms with van der Waals surface area (Å²) in [4.78, 5) is 4.30. The molecule has 3 nitrogen and oxygen atoms in total. The molecule has 0 unspecified atom stereocenters. The topological polar surface area (TPSA) is 27.1 Å². The molecule has 0 amide bonds. The molecule has 0 spiro atoms. The summed E-state index contributed by atoms with van der Waals surface area (Å²) in [6, 6.07) is 7.76. The van der Waals surface area contributed by atoms with E-state index in [1.165, 1.54) is 0 Å². The second-order valence-electron chi connectivity index (χ2n) is 4.76. The lowest BCUT2D eigenvalue weighted by molar-refractivity contribution is 0.0935. The first-order valence-electron chi connectivity index (χ1n) is 9.24. The van der Waals surface area contributed by atoms with Crippen molar-refractivity contribution in [3.8, 4) is 0 Å². The van der Waals surface area contributed by atoms with Crippen molar-refractivity contribution in [2.45, 2.75) is 33.3 Å². The Labute approximate surface area is 126 Å². The lowest BCUT2D eigenvalue weighted by Gasteiger charge is -2.07. The molecule has 20 heavy (non-hydrogen) atoms. The highest BCUT2D eigenvalue weighted by Gasteiger charge is 2.13. The predicted octanol–water partition coefficient (Wildman–Crippen LogP) is 4.14. The number of hydrogen-bond acceptors (Lipinski definition) is 2. The fraction of sp³-hybridized carbons (Fsp3) is 0.353. The summed E-state index contributed by atoms with van der Waals surface area (Å²) >= 11 is 0. The van der Waals surface area contributed by atoms with E-state index < -0.39 is 13.4 Å². The van der Waals surface area contributed by atoms with E-state index in [0.717, 1.165) is 40.2 Å². The first kappa shape index (κ1) is 8.42. The van der Waals surface area contributed by atoms with Crippen molar-refractivity contribution in [2.75, 3.05) is 6.56 Å². The summed E-state index contributed by atoms with van der Waals surface area (Å²) in [7, 11) is 0. The molecule has 3 aromatic rings. The standard InChI is InChI=1S/C17H20N2O/c1-3-7-13-10-18-11-16-17(13)14-8-5-6-9-15(14)19(16)12-20-4-2/h5-6,8-11H,3-4,7,12H2,1-2H3/i2D3,4D2. The van der Waals surface area contributed by atoms with Gasteiger partial charge in [-0.1, -0.05) is 31.5 Å². The minimum Gasteiger partial charge on any atom is -0.361 e. The number of fused-ring (bicyclic) bond motifs is 3. The number of para-hydroxylation sites is 1. The lowest BCUT2D eigenvalue weighted by atomic mass is 10.1. The average Bonchev–Trinajstić information content (AvgIpc) is 2.87. The van der Waals surface area contributed by atoms with E-state index in [2.05, 4.69) is 11.9 Å². The Morgan fingerprint density at radius 2 is 2.20 bits per heavy atom. The highest BCUT2D eigenvalue weighted by molar-refractivity contribution is 6.09. The molecule has 3 rings (SSSR count). The van der Waals surface area contributed by atoms with Crippen molar-refractivity contribution >= 4 is 21.8 Å².